The Morgan fingerprint density at radius 3 is 2.53 bits per heavy atom. The highest BCUT2D eigenvalue weighted by Crippen LogP contribution is 2.08. The second-order valence-electron chi connectivity index (χ2n) is 2.70. The summed E-state index contributed by atoms with van der Waals surface area (Å²) in [6, 6.07) is 1.41. The summed E-state index contributed by atoms with van der Waals surface area (Å²) in [5.74, 6) is 0. The number of hydrogen-bond acceptors (Lipinski definition) is 4. The Bertz CT molecular complexity index is 579. The van der Waals surface area contributed by atoms with Crippen LogP contribution in [0.25, 0.3) is 4.83 Å². The number of aromatic nitrogens is 3. The van der Waals surface area contributed by atoms with Gasteiger partial charge in [0.15, 0.2) is 0 Å². The lowest BCUT2D eigenvalue weighted by Crippen LogP contribution is -2.34. The van der Waals surface area contributed by atoms with E-state index in [0.29, 0.717) is 4.83 Å². The molecule has 0 bridgehead atoms. The standard InChI is InChI=1S/C7H7N3O2S.C2H6/c1-4-8-10-6(13-4)3-5(11)9(2)7(10)12;1-2/h3H,1-2H3;1-2H3. The third kappa shape index (κ3) is 1.99. The monoisotopic (exact) mass is 227 g/mol. The van der Waals surface area contributed by atoms with Gasteiger partial charge in [0.1, 0.15) is 9.84 Å². The van der Waals surface area contributed by atoms with E-state index in [9.17, 15) is 9.59 Å². The van der Waals surface area contributed by atoms with E-state index in [1.165, 1.54) is 29.0 Å². The first-order chi connectivity index (χ1) is 7.09. The van der Waals surface area contributed by atoms with Crippen LogP contribution in [0.2, 0.25) is 0 Å². The molecule has 0 amide bonds. The lowest BCUT2D eigenvalue weighted by molar-refractivity contribution is 0.717. The van der Waals surface area contributed by atoms with E-state index in [2.05, 4.69) is 5.10 Å². The average Bonchev–Trinajstić information content (AvgIpc) is 2.59. The Kier molecular flexibility index (Phi) is 3.41. The molecule has 2 rings (SSSR count). The molecule has 0 atom stereocenters. The van der Waals surface area contributed by atoms with Crippen molar-refractivity contribution in [1.29, 1.82) is 0 Å². The van der Waals surface area contributed by atoms with Crippen LogP contribution in [0.4, 0.5) is 0 Å². The van der Waals surface area contributed by atoms with Gasteiger partial charge < -0.3 is 0 Å². The fourth-order valence-corrected chi connectivity index (χ4v) is 1.86. The van der Waals surface area contributed by atoms with E-state index < -0.39 is 5.69 Å². The minimum atomic E-state index is -0.396. The van der Waals surface area contributed by atoms with Gasteiger partial charge in [0.2, 0.25) is 0 Å². The zero-order valence-corrected chi connectivity index (χ0v) is 9.96. The second-order valence-corrected chi connectivity index (χ2v) is 3.91. The van der Waals surface area contributed by atoms with E-state index >= 15 is 0 Å². The van der Waals surface area contributed by atoms with E-state index in [1.54, 1.807) is 6.92 Å². The fraction of sp³-hybridized carbons (Fsp3) is 0.444. The predicted molar refractivity (Wildman–Crippen MR) is 60.7 cm³/mol. The van der Waals surface area contributed by atoms with Crippen LogP contribution in [0.5, 0.6) is 0 Å². The quantitative estimate of drug-likeness (QED) is 0.668. The molecule has 0 radical (unpaired) electrons. The highest BCUT2D eigenvalue weighted by Gasteiger charge is 2.05. The summed E-state index contributed by atoms with van der Waals surface area (Å²) < 4.78 is 2.27. The van der Waals surface area contributed by atoms with E-state index in [4.69, 9.17) is 0 Å². The SMILES string of the molecule is CC.Cc1nn2c(=O)n(C)c(=O)cc2s1. The summed E-state index contributed by atoms with van der Waals surface area (Å²) in [6.07, 6.45) is 0. The molecule has 2 aromatic rings. The lowest BCUT2D eigenvalue weighted by Gasteiger charge is -1.93. The predicted octanol–water partition coefficient (Wildman–Crippen LogP) is 0.789. The van der Waals surface area contributed by atoms with Crippen molar-refractivity contribution in [2.75, 3.05) is 0 Å². The average molecular weight is 227 g/mol. The van der Waals surface area contributed by atoms with Gasteiger partial charge in [0, 0.05) is 13.1 Å². The molecule has 0 aromatic carbocycles. The minimum absolute atomic E-state index is 0.298. The molecule has 15 heavy (non-hydrogen) atoms. The molecular formula is C9H13N3O2S. The highest BCUT2D eigenvalue weighted by molar-refractivity contribution is 7.17. The summed E-state index contributed by atoms with van der Waals surface area (Å²) in [4.78, 5) is 23.2. The highest BCUT2D eigenvalue weighted by atomic mass is 32.1. The number of rotatable bonds is 0. The van der Waals surface area contributed by atoms with Crippen LogP contribution in [0.1, 0.15) is 18.9 Å². The van der Waals surface area contributed by atoms with E-state index in [0.717, 1.165) is 9.57 Å². The van der Waals surface area contributed by atoms with Gasteiger partial charge in [-0.2, -0.15) is 9.61 Å². The molecule has 0 saturated heterocycles. The maximum absolute atomic E-state index is 11.4. The number of hydrogen-bond donors (Lipinski definition) is 0. The summed E-state index contributed by atoms with van der Waals surface area (Å²) >= 11 is 1.33. The first kappa shape index (κ1) is 11.6. The Labute approximate surface area is 90.6 Å². The molecular weight excluding hydrogens is 214 g/mol. The van der Waals surface area contributed by atoms with Crippen molar-refractivity contribution in [2.45, 2.75) is 20.8 Å². The molecule has 0 aliphatic carbocycles. The van der Waals surface area contributed by atoms with E-state index in [-0.39, 0.29) is 5.56 Å². The van der Waals surface area contributed by atoms with Gasteiger partial charge in [-0.1, -0.05) is 25.2 Å². The third-order valence-electron chi connectivity index (χ3n) is 1.75. The fourth-order valence-electron chi connectivity index (χ4n) is 1.07. The number of aryl methyl sites for hydroxylation is 1. The molecule has 0 N–H and O–H groups in total. The second kappa shape index (κ2) is 4.39. The van der Waals surface area contributed by atoms with E-state index in [1.807, 2.05) is 13.8 Å². The van der Waals surface area contributed by atoms with Crippen molar-refractivity contribution in [2.24, 2.45) is 7.05 Å². The molecule has 0 spiro atoms. The van der Waals surface area contributed by atoms with Gasteiger partial charge >= 0.3 is 5.69 Å². The van der Waals surface area contributed by atoms with Crippen LogP contribution in [0, 0.1) is 6.92 Å². The first-order valence-corrected chi connectivity index (χ1v) is 5.48. The summed E-state index contributed by atoms with van der Waals surface area (Å²) in [5.41, 5.74) is -0.694. The molecule has 0 unspecified atom stereocenters. The largest absolute Gasteiger partial charge is 0.352 e. The van der Waals surface area contributed by atoms with Gasteiger partial charge in [-0.25, -0.2) is 4.79 Å². The number of fused-ring (bicyclic) bond motifs is 1. The van der Waals surface area contributed by atoms with Crippen LogP contribution in [0.15, 0.2) is 15.7 Å². The molecule has 82 valence electrons. The maximum atomic E-state index is 11.4. The lowest BCUT2D eigenvalue weighted by atomic mass is 10.6. The van der Waals surface area contributed by atoms with Crippen LogP contribution in [-0.2, 0) is 7.05 Å². The van der Waals surface area contributed by atoms with Crippen molar-refractivity contribution in [3.63, 3.8) is 0 Å². The zero-order chi connectivity index (χ0) is 11.6. The summed E-state index contributed by atoms with van der Waals surface area (Å²) in [6.45, 7) is 5.79. The third-order valence-corrected chi connectivity index (χ3v) is 2.62. The van der Waals surface area contributed by atoms with Crippen LogP contribution in [0.3, 0.4) is 0 Å². The van der Waals surface area contributed by atoms with Gasteiger partial charge in [0.05, 0.1) is 0 Å². The topological polar surface area (TPSA) is 56.4 Å². The molecule has 0 saturated carbocycles. The first-order valence-electron chi connectivity index (χ1n) is 4.66. The van der Waals surface area contributed by atoms with Crippen molar-refractivity contribution in [3.05, 3.63) is 31.9 Å². The smallest absolute Gasteiger partial charge is 0.269 e. The van der Waals surface area contributed by atoms with Gasteiger partial charge in [-0.3, -0.25) is 9.36 Å². The van der Waals surface area contributed by atoms with Gasteiger partial charge in [0.25, 0.3) is 5.56 Å². The van der Waals surface area contributed by atoms with Crippen molar-refractivity contribution in [3.8, 4) is 0 Å². The van der Waals surface area contributed by atoms with Crippen LogP contribution >= 0.6 is 11.3 Å². The van der Waals surface area contributed by atoms with Crippen molar-refractivity contribution in [1.82, 2.24) is 14.2 Å². The normalized spacial score (nSPS) is 9.87. The maximum Gasteiger partial charge on any atom is 0.352 e. The van der Waals surface area contributed by atoms with Crippen molar-refractivity contribution >= 4 is 16.2 Å². The Balaban J connectivity index is 0.000000531. The molecule has 0 aliphatic rings. The molecule has 6 heteroatoms. The Morgan fingerprint density at radius 1 is 1.33 bits per heavy atom. The summed E-state index contributed by atoms with van der Waals surface area (Å²) in [7, 11) is 1.44. The zero-order valence-electron chi connectivity index (χ0n) is 9.14. The minimum Gasteiger partial charge on any atom is -0.269 e. The van der Waals surface area contributed by atoms with Gasteiger partial charge in [-0.05, 0) is 6.92 Å². The number of nitrogens with zero attached hydrogens (tertiary/aromatic N) is 3. The molecule has 2 heterocycles. The van der Waals surface area contributed by atoms with Gasteiger partial charge in [-0.15, -0.1) is 0 Å². The molecule has 2 aromatic heterocycles. The molecule has 0 fully saturated rings. The van der Waals surface area contributed by atoms with Crippen molar-refractivity contribution < 1.29 is 0 Å². The molecule has 0 aliphatic heterocycles. The summed E-state index contributed by atoms with van der Waals surface area (Å²) in [5, 5.41) is 4.74. The Hall–Kier alpha value is -1.43. The van der Waals surface area contributed by atoms with Crippen LogP contribution in [-0.4, -0.2) is 14.2 Å². The molecule has 5 nitrogen and oxygen atoms in total. The van der Waals surface area contributed by atoms with Crippen LogP contribution < -0.4 is 11.2 Å². The Morgan fingerprint density at radius 2 is 1.93 bits per heavy atom.